The van der Waals surface area contributed by atoms with Crippen LogP contribution in [0.15, 0.2) is 18.2 Å². The maximum atomic E-state index is 14.1. The molecule has 0 saturated carbocycles. The first-order valence-corrected chi connectivity index (χ1v) is 6.83. The van der Waals surface area contributed by atoms with Crippen molar-refractivity contribution in [1.29, 1.82) is 0 Å². The average molecular weight is 344 g/mol. The fourth-order valence-electron chi connectivity index (χ4n) is 2.76. The molecule has 0 aromatic heterocycles. The minimum Gasteiger partial charge on any atom is -0.362 e. The predicted octanol–water partition coefficient (Wildman–Crippen LogP) is 3.85. The molecular weight excluding hydrogens is 335 g/mol. The lowest BCUT2D eigenvalue weighted by atomic mass is 9.99. The molecule has 2 aromatic carbocycles. The number of nitro benzene ring substituents is 1. The Morgan fingerprint density at radius 2 is 1.58 bits per heavy atom. The van der Waals surface area contributed by atoms with Crippen molar-refractivity contribution in [2.24, 2.45) is 0 Å². The second kappa shape index (κ2) is 5.73. The smallest absolute Gasteiger partial charge is 0.346 e. The number of fused-ring (bicyclic) bond motifs is 1. The summed E-state index contributed by atoms with van der Waals surface area (Å²) < 4.78 is 68.9. The van der Waals surface area contributed by atoms with Crippen molar-refractivity contribution in [3.63, 3.8) is 0 Å². The van der Waals surface area contributed by atoms with E-state index < -0.39 is 45.4 Å². The van der Waals surface area contributed by atoms with Gasteiger partial charge in [-0.15, -0.1) is 0 Å². The van der Waals surface area contributed by atoms with Crippen LogP contribution >= 0.6 is 0 Å². The Labute approximate surface area is 132 Å². The summed E-state index contributed by atoms with van der Waals surface area (Å²) in [4.78, 5) is 10.1. The molecule has 1 aliphatic heterocycles. The maximum Gasteiger partial charge on any atom is 0.346 e. The van der Waals surface area contributed by atoms with Crippen molar-refractivity contribution in [2.45, 2.75) is 13.0 Å². The Balaban J connectivity index is 2.08. The first-order valence-electron chi connectivity index (χ1n) is 6.83. The van der Waals surface area contributed by atoms with E-state index in [1.165, 1.54) is 12.1 Å². The number of halogens is 5. The van der Waals surface area contributed by atoms with Crippen LogP contribution in [0.25, 0.3) is 0 Å². The molecule has 9 heteroatoms. The Morgan fingerprint density at radius 1 is 0.958 bits per heavy atom. The van der Waals surface area contributed by atoms with Crippen molar-refractivity contribution in [3.8, 4) is 0 Å². The van der Waals surface area contributed by atoms with Gasteiger partial charge in [-0.2, -0.15) is 8.78 Å². The molecule has 0 bridgehead atoms. The fraction of sp³-hybridized carbons (Fsp3) is 0.200. The molecule has 0 N–H and O–H groups in total. The van der Waals surface area contributed by atoms with Gasteiger partial charge in [-0.1, -0.05) is 6.07 Å². The van der Waals surface area contributed by atoms with E-state index in [1.54, 1.807) is 0 Å². The van der Waals surface area contributed by atoms with Crippen LogP contribution in [0.5, 0.6) is 0 Å². The van der Waals surface area contributed by atoms with E-state index >= 15 is 0 Å². The Morgan fingerprint density at radius 3 is 2.17 bits per heavy atom. The van der Waals surface area contributed by atoms with Gasteiger partial charge in [-0.25, -0.2) is 13.2 Å². The highest BCUT2D eigenvalue weighted by Crippen LogP contribution is 2.36. The molecule has 24 heavy (non-hydrogen) atoms. The molecule has 3 rings (SSSR count). The van der Waals surface area contributed by atoms with Crippen LogP contribution < -0.4 is 4.90 Å². The van der Waals surface area contributed by atoms with Gasteiger partial charge < -0.3 is 4.90 Å². The second-order valence-corrected chi connectivity index (χ2v) is 5.29. The van der Waals surface area contributed by atoms with Gasteiger partial charge in [-0.3, -0.25) is 10.1 Å². The lowest BCUT2D eigenvalue weighted by Crippen LogP contribution is -2.32. The zero-order chi connectivity index (χ0) is 17.6. The molecule has 0 aliphatic carbocycles. The maximum absolute atomic E-state index is 14.1. The molecule has 0 radical (unpaired) electrons. The quantitative estimate of drug-likeness (QED) is 0.360. The molecule has 2 aromatic rings. The number of hydrogen-bond acceptors (Lipinski definition) is 3. The zero-order valence-electron chi connectivity index (χ0n) is 12.0. The zero-order valence-corrected chi connectivity index (χ0v) is 12.0. The average Bonchev–Trinajstić information content (AvgIpc) is 2.53. The summed E-state index contributed by atoms with van der Waals surface area (Å²) in [7, 11) is 0. The van der Waals surface area contributed by atoms with Crippen LogP contribution in [0.4, 0.5) is 33.3 Å². The van der Waals surface area contributed by atoms with Crippen molar-refractivity contribution in [1.82, 2.24) is 0 Å². The highest BCUT2D eigenvalue weighted by Gasteiger charge is 2.35. The Bertz CT molecular complexity index is 827. The number of nitro groups is 1. The molecule has 0 atom stereocenters. The lowest BCUT2D eigenvalue weighted by Gasteiger charge is -2.31. The van der Waals surface area contributed by atoms with Crippen LogP contribution in [-0.4, -0.2) is 11.5 Å². The van der Waals surface area contributed by atoms with Crippen molar-refractivity contribution >= 4 is 11.4 Å². The van der Waals surface area contributed by atoms with E-state index in [0.29, 0.717) is 11.1 Å². The van der Waals surface area contributed by atoms with Crippen molar-refractivity contribution in [3.05, 3.63) is 68.5 Å². The third-order valence-corrected chi connectivity index (χ3v) is 3.90. The third kappa shape index (κ3) is 2.45. The van der Waals surface area contributed by atoms with Gasteiger partial charge in [0.2, 0.25) is 11.6 Å². The van der Waals surface area contributed by atoms with E-state index in [4.69, 9.17) is 0 Å². The largest absolute Gasteiger partial charge is 0.362 e. The third-order valence-electron chi connectivity index (χ3n) is 3.90. The normalized spacial score (nSPS) is 13.8. The van der Waals surface area contributed by atoms with E-state index in [2.05, 4.69) is 0 Å². The van der Waals surface area contributed by atoms with Crippen LogP contribution in [-0.2, 0) is 13.0 Å². The van der Waals surface area contributed by atoms with Gasteiger partial charge in [0.15, 0.2) is 11.6 Å². The van der Waals surface area contributed by atoms with Gasteiger partial charge in [0.25, 0.3) is 0 Å². The lowest BCUT2D eigenvalue weighted by molar-refractivity contribution is -0.390. The highest BCUT2D eigenvalue weighted by atomic mass is 19.2. The summed E-state index contributed by atoms with van der Waals surface area (Å²) in [5.74, 6) is -8.23. The van der Waals surface area contributed by atoms with Gasteiger partial charge in [0.1, 0.15) is 11.5 Å². The summed E-state index contributed by atoms with van der Waals surface area (Å²) in [5.41, 5.74) is -1.71. The van der Waals surface area contributed by atoms with E-state index in [9.17, 15) is 32.1 Å². The molecule has 4 nitrogen and oxygen atoms in total. The van der Waals surface area contributed by atoms with Crippen LogP contribution in [0, 0.1) is 39.2 Å². The van der Waals surface area contributed by atoms with Crippen molar-refractivity contribution in [2.75, 3.05) is 11.4 Å². The first kappa shape index (κ1) is 16.2. The summed E-state index contributed by atoms with van der Waals surface area (Å²) in [6, 6.07) is 3.84. The molecule has 0 unspecified atom stereocenters. The molecular formula is C15H9F5N2O2. The number of rotatable bonds is 2. The number of nitrogens with zero attached hydrogens (tertiary/aromatic N) is 2. The topological polar surface area (TPSA) is 46.4 Å². The predicted molar refractivity (Wildman–Crippen MR) is 74.1 cm³/mol. The molecule has 0 amide bonds. The molecule has 0 spiro atoms. The fourth-order valence-corrected chi connectivity index (χ4v) is 2.76. The summed E-state index contributed by atoms with van der Waals surface area (Å²) in [6.07, 6.45) is 0.201. The number of benzene rings is 2. The van der Waals surface area contributed by atoms with Gasteiger partial charge in [0, 0.05) is 13.1 Å². The van der Waals surface area contributed by atoms with Gasteiger partial charge in [0.05, 0.1) is 4.92 Å². The highest BCUT2D eigenvalue weighted by molar-refractivity contribution is 5.57. The minimum absolute atomic E-state index is 0.0268. The molecule has 0 fully saturated rings. The van der Waals surface area contributed by atoms with Gasteiger partial charge in [-0.05, 0) is 29.7 Å². The van der Waals surface area contributed by atoms with E-state index in [0.717, 1.165) is 11.0 Å². The molecule has 0 saturated heterocycles. The van der Waals surface area contributed by atoms with Gasteiger partial charge >= 0.3 is 5.69 Å². The molecule has 1 heterocycles. The minimum atomic E-state index is -2.06. The second-order valence-electron chi connectivity index (χ2n) is 5.29. The van der Waals surface area contributed by atoms with E-state index in [1.807, 2.05) is 0 Å². The summed E-state index contributed by atoms with van der Waals surface area (Å²) >= 11 is 0. The van der Waals surface area contributed by atoms with Crippen molar-refractivity contribution < 1.29 is 26.9 Å². The molecule has 126 valence electrons. The Hall–Kier alpha value is -2.71. The first-order chi connectivity index (χ1) is 11.3. The standard InChI is InChI=1S/C15H9F5N2O2/c16-9-2-1-8-6-21(4-3-7(8)5-9)14-10(17)12(19)15(22(23)24)13(20)11(14)18/h1-2,5H,3-4,6H2. The van der Waals surface area contributed by atoms with Crippen LogP contribution in [0.2, 0.25) is 0 Å². The number of anilines is 1. The summed E-state index contributed by atoms with van der Waals surface area (Å²) in [6.45, 7) is -0.138. The molecule has 1 aliphatic rings. The number of hydrogen-bond donors (Lipinski definition) is 0. The van der Waals surface area contributed by atoms with Crippen LogP contribution in [0.3, 0.4) is 0 Å². The SMILES string of the molecule is O=[N+]([O-])c1c(F)c(F)c(N2CCc3cc(F)ccc3C2)c(F)c1F. The van der Waals surface area contributed by atoms with E-state index in [-0.39, 0.29) is 19.5 Å². The Kier molecular flexibility index (Phi) is 3.86. The van der Waals surface area contributed by atoms with Crippen LogP contribution in [0.1, 0.15) is 11.1 Å². The monoisotopic (exact) mass is 344 g/mol. The summed E-state index contributed by atoms with van der Waals surface area (Å²) in [5, 5.41) is 10.6.